The Morgan fingerprint density at radius 2 is 1.96 bits per heavy atom. The second kappa shape index (κ2) is 7.89. The van der Waals surface area contributed by atoms with Gasteiger partial charge >= 0.3 is 12.1 Å². The third-order valence-corrected chi connectivity index (χ3v) is 4.22. The van der Waals surface area contributed by atoms with Gasteiger partial charge in [0.15, 0.2) is 11.3 Å². The van der Waals surface area contributed by atoms with Crippen LogP contribution >= 0.6 is 12.4 Å². The highest BCUT2D eigenvalue weighted by Gasteiger charge is 2.42. The first-order valence-corrected chi connectivity index (χ1v) is 8.33. The fourth-order valence-corrected chi connectivity index (χ4v) is 3.14. The predicted molar refractivity (Wildman–Crippen MR) is 93.5 cm³/mol. The number of carbonyl (C=O) groups is 1. The number of halogens is 4. The zero-order valence-corrected chi connectivity index (χ0v) is 15.5. The first kappa shape index (κ1) is 21.2. The molecule has 1 aliphatic rings. The minimum atomic E-state index is -4.86. The van der Waals surface area contributed by atoms with Gasteiger partial charge in [-0.3, -0.25) is 4.79 Å². The lowest BCUT2D eigenvalue weighted by Crippen LogP contribution is -2.28. The third kappa shape index (κ3) is 4.27. The number of rotatable bonds is 3. The molecule has 0 atom stereocenters. The molecule has 3 heterocycles. The minimum absolute atomic E-state index is 0. The Labute approximate surface area is 158 Å². The van der Waals surface area contributed by atoms with Crippen LogP contribution in [0.1, 0.15) is 54.4 Å². The average molecular weight is 409 g/mol. The van der Waals surface area contributed by atoms with Crippen molar-refractivity contribution in [2.45, 2.75) is 44.9 Å². The van der Waals surface area contributed by atoms with E-state index in [1.807, 2.05) is 0 Å². The van der Waals surface area contributed by atoms with Crippen LogP contribution in [0.4, 0.5) is 13.2 Å². The quantitative estimate of drug-likeness (QED) is 0.762. The molecule has 7 nitrogen and oxygen atoms in total. The number of ether oxygens (including phenoxy) is 1. The normalized spacial score (nSPS) is 15.8. The van der Waals surface area contributed by atoms with E-state index in [-0.39, 0.29) is 24.0 Å². The van der Waals surface area contributed by atoms with Crippen molar-refractivity contribution in [3.63, 3.8) is 0 Å². The molecule has 2 N–H and O–H groups in total. The molecule has 0 unspecified atom stereocenters. The molecule has 2 aromatic heterocycles. The molecule has 1 fully saturated rings. The van der Waals surface area contributed by atoms with Crippen LogP contribution in [-0.4, -0.2) is 39.8 Å². The lowest BCUT2D eigenvalue weighted by atomic mass is 9.94. The molecule has 1 saturated heterocycles. The summed E-state index contributed by atoms with van der Waals surface area (Å²) in [4.78, 5) is 26.7. The van der Waals surface area contributed by atoms with Crippen molar-refractivity contribution in [3.8, 4) is 0 Å². The number of nitrogens with zero attached hydrogens (tertiary/aromatic N) is 2. The molecule has 1 aliphatic heterocycles. The maximum absolute atomic E-state index is 13.5. The van der Waals surface area contributed by atoms with Gasteiger partial charge in [0.2, 0.25) is 0 Å². The van der Waals surface area contributed by atoms with Crippen molar-refractivity contribution in [2.24, 2.45) is 0 Å². The number of nitrogens with one attached hydrogen (secondary N) is 2. The van der Waals surface area contributed by atoms with Crippen LogP contribution in [-0.2, 0) is 10.9 Å². The number of hydrogen-bond donors (Lipinski definition) is 2. The van der Waals surface area contributed by atoms with Crippen LogP contribution in [0.2, 0.25) is 0 Å². The van der Waals surface area contributed by atoms with Crippen LogP contribution in [0.5, 0.6) is 0 Å². The highest BCUT2D eigenvalue weighted by atomic mass is 35.5. The molecule has 0 spiro atoms. The van der Waals surface area contributed by atoms with Crippen molar-refractivity contribution >= 4 is 24.0 Å². The van der Waals surface area contributed by atoms with Gasteiger partial charge in [-0.2, -0.15) is 18.3 Å². The zero-order chi connectivity index (χ0) is 19.1. The van der Waals surface area contributed by atoms with E-state index >= 15 is 0 Å². The molecule has 0 radical (unpaired) electrons. The fourth-order valence-electron chi connectivity index (χ4n) is 3.14. The van der Waals surface area contributed by atoms with Crippen LogP contribution in [0.15, 0.2) is 10.9 Å². The number of aromatic amines is 1. The molecular weight excluding hydrogens is 389 g/mol. The Balaban J connectivity index is 0.00000261. The summed E-state index contributed by atoms with van der Waals surface area (Å²) in [6, 6.07) is 1.24. The molecule has 3 rings (SSSR count). The van der Waals surface area contributed by atoms with Gasteiger partial charge in [0.1, 0.15) is 5.56 Å². The second-order valence-electron chi connectivity index (χ2n) is 6.52. The third-order valence-electron chi connectivity index (χ3n) is 4.22. The van der Waals surface area contributed by atoms with E-state index in [0.717, 1.165) is 4.52 Å². The Kier molecular flexibility index (Phi) is 6.21. The van der Waals surface area contributed by atoms with E-state index in [0.29, 0.717) is 31.6 Å². The van der Waals surface area contributed by atoms with Crippen molar-refractivity contribution in [1.82, 2.24) is 19.9 Å². The van der Waals surface area contributed by atoms with Gasteiger partial charge < -0.3 is 15.0 Å². The summed E-state index contributed by atoms with van der Waals surface area (Å²) < 4.78 is 46.4. The summed E-state index contributed by atoms with van der Waals surface area (Å²) >= 11 is 0. The van der Waals surface area contributed by atoms with E-state index in [1.54, 1.807) is 0 Å². The minimum Gasteiger partial charge on any atom is -0.459 e. The molecule has 0 saturated carbocycles. The highest BCUT2D eigenvalue weighted by molar-refractivity contribution is 5.97. The lowest BCUT2D eigenvalue weighted by molar-refractivity contribution is -0.141. The van der Waals surface area contributed by atoms with Crippen LogP contribution < -0.4 is 10.9 Å². The van der Waals surface area contributed by atoms with E-state index in [4.69, 9.17) is 4.74 Å². The van der Waals surface area contributed by atoms with Gasteiger partial charge in [-0.1, -0.05) is 0 Å². The molecule has 150 valence electrons. The van der Waals surface area contributed by atoms with Gasteiger partial charge in [0.25, 0.3) is 5.56 Å². The van der Waals surface area contributed by atoms with Gasteiger partial charge in [0, 0.05) is 12.0 Å². The number of aromatic nitrogens is 3. The smallest absolute Gasteiger partial charge is 0.436 e. The largest absolute Gasteiger partial charge is 0.459 e. The van der Waals surface area contributed by atoms with Crippen molar-refractivity contribution < 1.29 is 22.7 Å². The Morgan fingerprint density at radius 1 is 1.33 bits per heavy atom. The summed E-state index contributed by atoms with van der Waals surface area (Å²) in [5.41, 5.74) is -2.64. The van der Waals surface area contributed by atoms with Crippen molar-refractivity contribution in [1.29, 1.82) is 0 Å². The van der Waals surface area contributed by atoms with E-state index in [1.165, 1.54) is 19.9 Å². The summed E-state index contributed by atoms with van der Waals surface area (Å²) in [5.74, 6) is -1.29. The molecule has 11 heteroatoms. The number of hydrogen-bond acceptors (Lipinski definition) is 5. The SMILES string of the molecule is CC(C)OC(=O)c1c(C(F)(F)F)nn2c(C3CCNCC3)cc(=O)[nH]c12.Cl. The van der Waals surface area contributed by atoms with E-state index in [2.05, 4.69) is 15.4 Å². The first-order chi connectivity index (χ1) is 12.2. The highest BCUT2D eigenvalue weighted by Crippen LogP contribution is 2.34. The topological polar surface area (TPSA) is 88.5 Å². The first-order valence-electron chi connectivity index (χ1n) is 8.33. The maximum Gasteiger partial charge on any atom is 0.436 e. The summed E-state index contributed by atoms with van der Waals surface area (Å²) in [5, 5.41) is 6.79. The van der Waals surface area contributed by atoms with E-state index in [9.17, 15) is 22.8 Å². The number of piperidine rings is 1. The number of alkyl halides is 3. The summed E-state index contributed by atoms with van der Waals surface area (Å²) in [6.45, 7) is 4.43. The molecule has 0 aromatic carbocycles. The standard InChI is InChI=1S/C16H19F3N4O3.ClH/c1-8(2)26-15(25)12-13(16(17,18)19)22-23-10(7-11(24)21-14(12)23)9-3-5-20-6-4-9;/h7-9,20H,3-6H2,1-2H3,(H,21,24);1H. The molecular formula is C16H20ClF3N4O3. The van der Waals surface area contributed by atoms with Crippen LogP contribution in [0.3, 0.4) is 0 Å². The number of esters is 1. The van der Waals surface area contributed by atoms with Gasteiger partial charge in [0.05, 0.1) is 11.8 Å². The maximum atomic E-state index is 13.5. The Morgan fingerprint density at radius 3 is 2.52 bits per heavy atom. The monoisotopic (exact) mass is 408 g/mol. The Hall–Kier alpha value is -2.07. The van der Waals surface area contributed by atoms with Gasteiger partial charge in [-0.25, -0.2) is 9.31 Å². The Bertz CT molecular complexity index is 885. The number of H-pyrrole nitrogens is 1. The molecule has 0 aliphatic carbocycles. The number of carbonyl (C=O) groups excluding carboxylic acids is 1. The summed E-state index contributed by atoms with van der Waals surface area (Å²) in [6.07, 6.45) is -4.16. The second-order valence-corrected chi connectivity index (χ2v) is 6.52. The van der Waals surface area contributed by atoms with Crippen LogP contribution in [0, 0.1) is 0 Å². The van der Waals surface area contributed by atoms with Gasteiger partial charge in [-0.15, -0.1) is 12.4 Å². The number of fused-ring (bicyclic) bond motifs is 1. The molecule has 27 heavy (non-hydrogen) atoms. The predicted octanol–water partition coefficient (Wildman–Crippen LogP) is 2.50. The summed E-state index contributed by atoms with van der Waals surface area (Å²) in [7, 11) is 0. The molecule has 0 amide bonds. The van der Waals surface area contributed by atoms with Crippen molar-refractivity contribution in [3.05, 3.63) is 33.4 Å². The van der Waals surface area contributed by atoms with Gasteiger partial charge in [-0.05, 0) is 39.8 Å². The van der Waals surface area contributed by atoms with Crippen molar-refractivity contribution in [2.75, 3.05) is 13.1 Å². The van der Waals surface area contributed by atoms with Crippen LogP contribution in [0.25, 0.3) is 5.65 Å². The van der Waals surface area contributed by atoms with E-state index < -0.39 is 35.1 Å². The average Bonchev–Trinajstić information content (AvgIpc) is 2.94. The molecule has 2 aromatic rings. The fraction of sp³-hybridized carbons (Fsp3) is 0.562. The zero-order valence-electron chi connectivity index (χ0n) is 14.7. The molecule has 0 bridgehead atoms. The lowest BCUT2D eigenvalue weighted by Gasteiger charge is -2.23.